The molecule has 0 aliphatic heterocycles. The van der Waals surface area contributed by atoms with Crippen LogP contribution in [0.25, 0.3) is 0 Å². The molecule has 0 aliphatic carbocycles. The first-order chi connectivity index (χ1) is 9.72. The summed E-state index contributed by atoms with van der Waals surface area (Å²) in [7, 11) is 3.56. The van der Waals surface area contributed by atoms with Gasteiger partial charge in [-0.1, -0.05) is 18.2 Å². The van der Waals surface area contributed by atoms with Gasteiger partial charge in [0.2, 0.25) is 0 Å². The van der Waals surface area contributed by atoms with Gasteiger partial charge in [-0.05, 0) is 25.0 Å². The second-order valence-electron chi connectivity index (χ2n) is 4.46. The molecule has 0 saturated heterocycles. The molecule has 0 unspecified atom stereocenters. The molecule has 0 saturated carbocycles. The van der Waals surface area contributed by atoms with Crippen molar-refractivity contribution < 1.29 is 4.74 Å². The Morgan fingerprint density at radius 2 is 1.90 bits per heavy atom. The van der Waals surface area contributed by atoms with E-state index in [-0.39, 0.29) is 0 Å². The molecule has 2 aromatic rings. The number of hydrogen-bond acceptors (Lipinski definition) is 5. The van der Waals surface area contributed by atoms with Crippen LogP contribution in [0.15, 0.2) is 30.3 Å². The van der Waals surface area contributed by atoms with E-state index in [2.05, 4.69) is 26.7 Å². The first-order valence-electron chi connectivity index (χ1n) is 6.60. The molecular formula is C15H20N4O. The van der Waals surface area contributed by atoms with Gasteiger partial charge in [-0.2, -0.15) is 0 Å². The van der Waals surface area contributed by atoms with Crippen LogP contribution in [0.1, 0.15) is 11.4 Å². The molecule has 2 rings (SSSR count). The summed E-state index contributed by atoms with van der Waals surface area (Å²) in [6.45, 7) is 2.58. The summed E-state index contributed by atoms with van der Waals surface area (Å²) >= 11 is 0. The van der Waals surface area contributed by atoms with E-state index in [1.165, 1.54) is 5.56 Å². The second kappa shape index (κ2) is 6.86. The smallest absolute Gasteiger partial charge is 0.136 e. The average Bonchev–Trinajstić information content (AvgIpc) is 2.45. The van der Waals surface area contributed by atoms with E-state index < -0.39 is 0 Å². The molecule has 1 aromatic carbocycles. The van der Waals surface area contributed by atoms with Gasteiger partial charge in [0.15, 0.2) is 0 Å². The van der Waals surface area contributed by atoms with Crippen LogP contribution in [0, 0.1) is 6.92 Å². The number of aryl methyl sites for hydroxylation is 1. The lowest BCUT2D eigenvalue weighted by molar-refractivity contribution is 0.202. The molecule has 1 aromatic heterocycles. The SMILES string of the molecule is CNc1cc(Nc2ccccc2CCOC)nc(C)n1. The summed E-state index contributed by atoms with van der Waals surface area (Å²) in [4.78, 5) is 8.69. The number of nitrogens with zero attached hydrogens (tertiary/aromatic N) is 2. The quantitative estimate of drug-likeness (QED) is 0.846. The van der Waals surface area contributed by atoms with Crippen molar-refractivity contribution in [1.29, 1.82) is 0 Å². The van der Waals surface area contributed by atoms with Crippen LogP contribution in [0.2, 0.25) is 0 Å². The predicted molar refractivity (Wildman–Crippen MR) is 81.6 cm³/mol. The largest absolute Gasteiger partial charge is 0.384 e. The number of benzene rings is 1. The minimum Gasteiger partial charge on any atom is -0.384 e. The summed E-state index contributed by atoms with van der Waals surface area (Å²) in [6.07, 6.45) is 0.864. The highest BCUT2D eigenvalue weighted by molar-refractivity contribution is 5.62. The highest BCUT2D eigenvalue weighted by Gasteiger charge is 2.05. The van der Waals surface area contributed by atoms with Gasteiger partial charge in [0.1, 0.15) is 17.5 Å². The van der Waals surface area contributed by atoms with Crippen molar-refractivity contribution in [3.63, 3.8) is 0 Å². The monoisotopic (exact) mass is 272 g/mol. The molecule has 0 fully saturated rings. The van der Waals surface area contributed by atoms with Crippen LogP contribution in [0.5, 0.6) is 0 Å². The molecule has 0 radical (unpaired) electrons. The molecule has 2 N–H and O–H groups in total. The Morgan fingerprint density at radius 3 is 2.65 bits per heavy atom. The van der Waals surface area contributed by atoms with Gasteiger partial charge < -0.3 is 15.4 Å². The maximum Gasteiger partial charge on any atom is 0.136 e. The molecule has 5 nitrogen and oxygen atoms in total. The normalized spacial score (nSPS) is 10.3. The topological polar surface area (TPSA) is 59.1 Å². The summed E-state index contributed by atoms with van der Waals surface area (Å²) in [5.41, 5.74) is 2.25. The predicted octanol–water partition coefficient (Wildman–Crippen LogP) is 2.76. The third-order valence-corrected chi connectivity index (χ3v) is 2.95. The molecule has 0 spiro atoms. The van der Waals surface area contributed by atoms with E-state index in [1.54, 1.807) is 7.11 Å². The number of methoxy groups -OCH3 is 1. The standard InChI is InChI=1S/C15H20N4O/c1-11-17-14(16-2)10-15(18-11)19-13-7-5-4-6-12(13)8-9-20-3/h4-7,10H,8-9H2,1-3H3,(H2,16,17,18,19). The molecule has 0 atom stereocenters. The van der Waals surface area contributed by atoms with Crippen LogP contribution < -0.4 is 10.6 Å². The molecule has 106 valence electrons. The van der Waals surface area contributed by atoms with E-state index in [9.17, 15) is 0 Å². The highest BCUT2D eigenvalue weighted by Crippen LogP contribution is 2.21. The maximum absolute atomic E-state index is 5.14. The fourth-order valence-electron chi connectivity index (χ4n) is 1.97. The van der Waals surface area contributed by atoms with Crippen LogP contribution >= 0.6 is 0 Å². The van der Waals surface area contributed by atoms with Gasteiger partial charge in [0.05, 0.1) is 6.61 Å². The van der Waals surface area contributed by atoms with Crippen molar-refractivity contribution in [3.05, 3.63) is 41.7 Å². The molecule has 20 heavy (non-hydrogen) atoms. The lowest BCUT2D eigenvalue weighted by Gasteiger charge is -2.12. The third kappa shape index (κ3) is 3.68. The van der Waals surface area contributed by atoms with Crippen molar-refractivity contribution >= 4 is 17.3 Å². The lowest BCUT2D eigenvalue weighted by atomic mass is 10.1. The van der Waals surface area contributed by atoms with Gasteiger partial charge in [0.25, 0.3) is 0 Å². The van der Waals surface area contributed by atoms with Crippen molar-refractivity contribution in [3.8, 4) is 0 Å². The molecule has 5 heteroatoms. The van der Waals surface area contributed by atoms with Crippen LogP contribution in [-0.2, 0) is 11.2 Å². The Morgan fingerprint density at radius 1 is 1.15 bits per heavy atom. The summed E-state index contributed by atoms with van der Waals surface area (Å²) in [6, 6.07) is 10.1. The molecule has 0 bridgehead atoms. The minimum absolute atomic E-state index is 0.698. The number of anilines is 3. The molecule has 1 heterocycles. The van der Waals surface area contributed by atoms with Gasteiger partial charge in [-0.25, -0.2) is 9.97 Å². The van der Waals surface area contributed by atoms with E-state index in [4.69, 9.17) is 4.74 Å². The number of ether oxygens (including phenoxy) is 1. The van der Waals surface area contributed by atoms with Crippen molar-refractivity contribution in [2.24, 2.45) is 0 Å². The Hall–Kier alpha value is -2.14. The number of hydrogen-bond donors (Lipinski definition) is 2. The summed E-state index contributed by atoms with van der Waals surface area (Å²) < 4.78 is 5.14. The number of nitrogens with one attached hydrogen (secondary N) is 2. The fourth-order valence-corrected chi connectivity index (χ4v) is 1.97. The average molecular weight is 272 g/mol. The Kier molecular flexibility index (Phi) is 4.90. The Labute approximate surface area is 119 Å². The van der Waals surface area contributed by atoms with Crippen LogP contribution in [0.4, 0.5) is 17.3 Å². The molecular weight excluding hydrogens is 252 g/mol. The van der Waals surface area contributed by atoms with Crippen LogP contribution in [-0.4, -0.2) is 30.7 Å². The number of aromatic nitrogens is 2. The van der Waals surface area contributed by atoms with Crippen LogP contribution in [0.3, 0.4) is 0 Å². The zero-order valence-electron chi connectivity index (χ0n) is 12.1. The van der Waals surface area contributed by atoms with Crippen molar-refractivity contribution in [1.82, 2.24) is 9.97 Å². The minimum atomic E-state index is 0.698. The van der Waals surface area contributed by atoms with E-state index in [1.807, 2.05) is 38.2 Å². The van der Waals surface area contributed by atoms with Gasteiger partial charge in [0, 0.05) is 25.9 Å². The zero-order chi connectivity index (χ0) is 14.4. The fraction of sp³-hybridized carbons (Fsp3) is 0.333. The van der Waals surface area contributed by atoms with Crippen molar-refractivity contribution in [2.45, 2.75) is 13.3 Å². The van der Waals surface area contributed by atoms with E-state index in [0.29, 0.717) is 6.61 Å². The first kappa shape index (κ1) is 14.3. The lowest BCUT2D eigenvalue weighted by Crippen LogP contribution is -2.04. The van der Waals surface area contributed by atoms with E-state index in [0.717, 1.165) is 29.6 Å². The van der Waals surface area contributed by atoms with Gasteiger partial charge in [-0.3, -0.25) is 0 Å². The summed E-state index contributed by atoms with van der Waals surface area (Å²) in [5.74, 6) is 2.31. The van der Waals surface area contributed by atoms with E-state index >= 15 is 0 Å². The zero-order valence-corrected chi connectivity index (χ0v) is 12.1. The number of rotatable bonds is 6. The third-order valence-electron chi connectivity index (χ3n) is 2.95. The second-order valence-corrected chi connectivity index (χ2v) is 4.46. The summed E-state index contributed by atoms with van der Waals surface area (Å²) in [5, 5.41) is 6.38. The molecule has 0 amide bonds. The number of para-hydroxylation sites is 1. The highest BCUT2D eigenvalue weighted by atomic mass is 16.5. The molecule has 0 aliphatic rings. The Bertz CT molecular complexity index is 572. The maximum atomic E-state index is 5.14. The first-order valence-corrected chi connectivity index (χ1v) is 6.60. The van der Waals surface area contributed by atoms with Gasteiger partial charge in [-0.15, -0.1) is 0 Å². The Balaban J connectivity index is 2.23. The van der Waals surface area contributed by atoms with Gasteiger partial charge >= 0.3 is 0 Å². The van der Waals surface area contributed by atoms with Crippen molar-refractivity contribution in [2.75, 3.05) is 31.4 Å².